The quantitative estimate of drug-likeness (QED) is 0.0805. The summed E-state index contributed by atoms with van der Waals surface area (Å²) >= 11 is 12.7. The first-order valence-corrected chi connectivity index (χ1v) is 25.8. The lowest BCUT2D eigenvalue weighted by Gasteiger charge is -2.33. The van der Waals surface area contributed by atoms with Crippen LogP contribution in [0.3, 0.4) is 0 Å². The molecule has 350 valence electrons. The third-order valence-corrected chi connectivity index (χ3v) is 14.3. The van der Waals surface area contributed by atoms with E-state index in [4.69, 9.17) is 27.3 Å². The highest BCUT2D eigenvalue weighted by molar-refractivity contribution is 9.10. The monoisotopic (exact) mass is 1020 g/mol. The van der Waals surface area contributed by atoms with E-state index < -0.39 is 0 Å². The van der Waals surface area contributed by atoms with Crippen molar-refractivity contribution in [3.63, 3.8) is 0 Å². The molecule has 0 spiro atoms. The Hall–Kier alpha value is -4.83. The Kier molecular flexibility index (Phi) is 18.3. The summed E-state index contributed by atoms with van der Waals surface area (Å²) in [6.45, 7) is 10.1. The zero-order valence-corrected chi connectivity index (χ0v) is 42.7. The number of thiophene rings is 2. The highest BCUT2D eigenvalue weighted by Crippen LogP contribution is 2.30. The number of nitrogens with zero attached hydrogens (tertiary/aromatic N) is 7. The summed E-state index contributed by atoms with van der Waals surface area (Å²) in [4.78, 5) is 45.9. The molecule has 2 N–H and O–H groups in total. The van der Waals surface area contributed by atoms with E-state index in [1.165, 1.54) is 33.8 Å². The molecule has 10 nitrogen and oxygen atoms in total. The van der Waals surface area contributed by atoms with Crippen molar-refractivity contribution in [3.05, 3.63) is 196 Å². The Morgan fingerprint density at radius 3 is 1.49 bits per heavy atom. The summed E-state index contributed by atoms with van der Waals surface area (Å²) in [7, 11) is 4.17. The first-order chi connectivity index (χ1) is 32.6. The Labute approximate surface area is 415 Å². The molecular formula is C53H60BrClN8O2S2. The minimum atomic E-state index is -0.00135. The highest BCUT2D eigenvalue weighted by atomic mass is 79.9. The smallest absolute Gasteiger partial charge is 0.262 e. The molecule has 0 aliphatic rings. The molecule has 0 aliphatic heterocycles. The van der Waals surface area contributed by atoms with Crippen LogP contribution in [0.25, 0.3) is 20.4 Å². The van der Waals surface area contributed by atoms with E-state index >= 15 is 0 Å². The third kappa shape index (κ3) is 13.0. The van der Waals surface area contributed by atoms with Crippen LogP contribution >= 0.6 is 50.2 Å². The van der Waals surface area contributed by atoms with Crippen LogP contribution < -0.4 is 16.9 Å². The van der Waals surface area contributed by atoms with Crippen LogP contribution in [0.4, 0.5) is 0 Å². The molecule has 67 heavy (non-hydrogen) atoms. The summed E-state index contributed by atoms with van der Waals surface area (Å²) in [5, 5.41) is 6.02. The van der Waals surface area contributed by atoms with Gasteiger partial charge in [-0.2, -0.15) is 0 Å². The van der Waals surface area contributed by atoms with Crippen molar-refractivity contribution in [2.45, 2.75) is 71.4 Å². The fraction of sp³-hybridized carbons (Fsp3) is 0.321. The summed E-state index contributed by atoms with van der Waals surface area (Å²) in [6, 6.07) is 40.5. The maximum absolute atomic E-state index is 13.6. The second-order valence-electron chi connectivity index (χ2n) is 17.0. The molecule has 0 bridgehead atoms. The van der Waals surface area contributed by atoms with E-state index in [2.05, 4.69) is 119 Å². The van der Waals surface area contributed by atoms with Gasteiger partial charge in [-0.05, 0) is 109 Å². The molecule has 8 rings (SSSR count). The van der Waals surface area contributed by atoms with Gasteiger partial charge in [-0.25, -0.2) is 9.97 Å². The Morgan fingerprint density at radius 2 is 1.06 bits per heavy atom. The lowest BCUT2D eigenvalue weighted by atomic mass is 10.1. The average Bonchev–Trinajstić information content (AvgIpc) is 4.03. The first kappa shape index (κ1) is 50.1. The topological polar surface area (TPSA) is 106 Å². The first-order valence-electron chi connectivity index (χ1n) is 22.9. The Morgan fingerprint density at radius 1 is 0.612 bits per heavy atom. The molecule has 2 atom stereocenters. The van der Waals surface area contributed by atoms with Crippen LogP contribution in [0.2, 0.25) is 5.02 Å². The normalized spacial score (nSPS) is 12.6. The van der Waals surface area contributed by atoms with Crippen molar-refractivity contribution >= 4 is 70.6 Å². The molecule has 0 amide bonds. The van der Waals surface area contributed by atoms with Crippen molar-refractivity contribution in [1.29, 1.82) is 0 Å². The van der Waals surface area contributed by atoms with Crippen LogP contribution in [0.15, 0.2) is 146 Å². The average molecular weight is 1020 g/mol. The molecule has 0 fully saturated rings. The summed E-state index contributed by atoms with van der Waals surface area (Å²) < 4.78 is 4.81. The van der Waals surface area contributed by atoms with Gasteiger partial charge in [0.2, 0.25) is 0 Å². The van der Waals surface area contributed by atoms with E-state index in [0.29, 0.717) is 30.4 Å². The SMILES string of the molecule is CCC(c1nc2sccc2c(=O)n1Cc1ccccc1)N(CCCN)Cc1ccc(Br)cc1.CCC(c1nc2sccc2c(=O)n1Cc1ccccc1)N(CCN(C)C)Cc1ccc(Cl)cc1. The number of fused-ring (bicyclic) bond motifs is 2. The molecule has 14 heteroatoms. The van der Waals surface area contributed by atoms with Crippen LogP contribution in [0.5, 0.6) is 0 Å². The van der Waals surface area contributed by atoms with Crippen LogP contribution in [0.1, 0.15) is 79.1 Å². The van der Waals surface area contributed by atoms with E-state index in [0.717, 1.165) is 93.9 Å². The van der Waals surface area contributed by atoms with Crippen molar-refractivity contribution in [1.82, 2.24) is 33.8 Å². The standard InChI is InChI=1S/C27H31ClN4OS.C26H29BrN4OS/c1-4-24(31(16-15-30(2)3)18-21-10-12-22(28)13-11-21)25-29-26-23(14-17-34-26)27(33)32(25)19-20-8-6-5-7-9-20;1-2-23(30(15-6-14-28)17-20-9-11-21(27)12-10-20)24-29-25-22(13-16-33-25)26(32)31(24)18-19-7-4-3-5-8-19/h5-14,17,24H,4,15-16,18-19H2,1-3H3;3-5,7-13,16,23H,2,6,14-15,17-18,28H2,1H3. The predicted molar refractivity (Wildman–Crippen MR) is 284 cm³/mol. The molecule has 0 saturated carbocycles. The van der Waals surface area contributed by atoms with Crippen molar-refractivity contribution < 1.29 is 0 Å². The molecule has 8 aromatic rings. The second-order valence-corrected chi connectivity index (χ2v) is 20.1. The van der Waals surface area contributed by atoms with Crippen molar-refractivity contribution in [2.75, 3.05) is 40.3 Å². The minimum absolute atomic E-state index is 0.00135. The van der Waals surface area contributed by atoms with E-state index in [1.807, 2.05) is 80.6 Å². The van der Waals surface area contributed by atoms with Gasteiger partial charge < -0.3 is 10.6 Å². The van der Waals surface area contributed by atoms with Gasteiger partial charge in [0.25, 0.3) is 11.1 Å². The summed E-state index contributed by atoms with van der Waals surface area (Å²) in [5.74, 6) is 1.66. The number of benzene rings is 4. The molecule has 0 radical (unpaired) electrons. The van der Waals surface area contributed by atoms with E-state index in [9.17, 15) is 9.59 Å². The number of nitrogens with two attached hydrogens (primary N) is 1. The number of halogens is 2. The third-order valence-electron chi connectivity index (χ3n) is 11.9. The van der Waals surface area contributed by atoms with Gasteiger partial charge in [0.05, 0.1) is 35.9 Å². The van der Waals surface area contributed by atoms with Gasteiger partial charge in [-0.3, -0.25) is 28.5 Å². The van der Waals surface area contributed by atoms with Crippen molar-refractivity contribution in [3.8, 4) is 0 Å². The van der Waals surface area contributed by atoms with Crippen LogP contribution in [-0.2, 0) is 26.2 Å². The van der Waals surface area contributed by atoms with Gasteiger partial charge in [0.1, 0.15) is 21.3 Å². The maximum atomic E-state index is 13.6. The van der Waals surface area contributed by atoms with Gasteiger partial charge in [-0.15, -0.1) is 22.7 Å². The predicted octanol–water partition coefficient (Wildman–Crippen LogP) is 11.2. The molecule has 4 heterocycles. The summed E-state index contributed by atoms with van der Waals surface area (Å²) in [6.07, 6.45) is 2.58. The van der Waals surface area contributed by atoms with Gasteiger partial charge in [0, 0.05) is 42.2 Å². The number of aromatic nitrogens is 4. The molecule has 0 saturated heterocycles. The zero-order chi connectivity index (χ0) is 47.3. The zero-order valence-electron chi connectivity index (χ0n) is 38.7. The molecule has 2 unspecified atom stereocenters. The molecular weight excluding hydrogens is 960 g/mol. The van der Waals surface area contributed by atoms with Crippen molar-refractivity contribution in [2.24, 2.45) is 5.73 Å². The van der Waals surface area contributed by atoms with Crippen LogP contribution in [-0.4, -0.2) is 74.1 Å². The van der Waals surface area contributed by atoms with Gasteiger partial charge in [0.15, 0.2) is 0 Å². The summed E-state index contributed by atoms with van der Waals surface area (Å²) in [5.41, 5.74) is 10.5. The number of hydrogen-bond donors (Lipinski definition) is 1. The maximum Gasteiger partial charge on any atom is 0.262 e. The molecule has 4 aromatic carbocycles. The van der Waals surface area contributed by atoms with Gasteiger partial charge in [-0.1, -0.05) is 126 Å². The Bertz CT molecular complexity index is 2900. The minimum Gasteiger partial charge on any atom is -0.330 e. The molecule has 0 aliphatic carbocycles. The molecule has 4 aromatic heterocycles. The highest BCUT2D eigenvalue weighted by Gasteiger charge is 2.27. The second kappa shape index (κ2) is 24.5. The fourth-order valence-corrected chi connectivity index (χ4v) is 10.4. The largest absolute Gasteiger partial charge is 0.330 e. The lowest BCUT2D eigenvalue weighted by Crippen LogP contribution is -2.38. The van der Waals surface area contributed by atoms with Crippen LogP contribution in [0, 0.1) is 0 Å². The number of hydrogen-bond acceptors (Lipinski definition) is 10. The number of rotatable bonds is 20. The number of likely N-dealkylation sites (N-methyl/N-ethyl adjacent to an activating group) is 1. The Balaban J connectivity index is 0.000000199. The lowest BCUT2D eigenvalue weighted by molar-refractivity contribution is 0.156. The fourth-order valence-electron chi connectivity index (χ4n) is 8.45. The van der Waals surface area contributed by atoms with Gasteiger partial charge >= 0.3 is 0 Å². The van der Waals surface area contributed by atoms with E-state index in [1.54, 1.807) is 0 Å². The van der Waals surface area contributed by atoms with E-state index in [-0.39, 0.29) is 23.2 Å².